The van der Waals surface area contributed by atoms with Crippen LogP contribution in [0.25, 0.3) is 10.9 Å². The van der Waals surface area contributed by atoms with Crippen LogP contribution in [0, 0.1) is 0 Å². The predicted octanol–water partition coefficient (Wildman–Crippen LogP) is 1.22. The lowest BCUT2D eigenvalue weighted by Gasteiger charge is -2.30. The number of hydrazone groups is 1. The van der Waals surface area contributed by atoms with Gasteiger partial charge in [-0.3, -0.25) is 14.4 Å². The summed E-state index contributed by atoms with van der Waals surface area (Å²) in [7, 11) is -3.20. The van der Waals surface area contributed by atoms with Crippen LogP contribution in [0.3, 0.4) is 0 Å². The molecule has 2 amide bonds. The van der Waals surface area contributed by atoms with Gasteiger partial charge in [0.25, 0.3) is 11.5 Å². The normalized spacial score (nSPS) is 20.2. The van der Waals surface area contributed by atoms with Gasteiger partial charge in [-0.2, -0.15) is 5.10 Å². The highest BCUT2D eigenvalue weighted by atomic mass is 32.2. The summed E-state index contributed by atoms with van der Waals surface area (Å²) in [5.41, 5.74) is 0.499. The summed E-state index contributed by atoms with van der Waals surface area (Å²) < 4.78 is 23.7. The molecule has 3 heterocycles. The van der Waals surface area contributed by atoms with Crippen LogP contribution < -0.4 is 5.56 Å². The number of H-pyrrole nitrogens is 1. The number of rotatable bonds is 7. The van der Waals surface area contributed by atoms with E-state index in [0.29, 0.717) is 29.7 Å². The molecule has 0 spiro atoms. The average Bonchev–Trinajstić information content (AvgIpc) is 3.16. The van der Waals surface area contributed by atoms with E-state index in [1.165, 1.54) is 5.01 Å². The number of aromatic amines is 1. The average molecular weight is 474 g/mol. The van der Waals surface area contributed by atoms with Crippen molar-refractivity contribution in [2.45, 2.75) is 51.6 Å². The number of nitrogens with one attached hydrogen (secondary N) is 1. The third kappa shape index (κ3) is 5.13. The minimum absolute atomic E-state index is 0.0177. The monoisotopic (exact) mass is 473 g/mol. The van der Waals surface area contributed by atoms with Gasteiger partial charge in [0.2, 0.25) is 5.91 Å². The molecule has 2 aromatic rings. The Bertz CT molecular complexity index is 1270. The van der Waals surface area contributed by atoms with E-state index in [1.54, 1.807) is 29.2 Å². The maximum absolute atomic E-state index is 13.4. The van der Waals surface area contributed by atoms with E-state index in [-0.39, 0.29) is 54.0 Å². The van der Waals surface area contributed by atoms with E-state index in [9.17, 15) is 22.8 Å². The molecule has 0 unspecified atom stereocenters. The Hall–Kier alpha value is -3.08. The summed E-state index contributed by atoms with van der Waals surface area (Å²) in [6.45, 7) is 2.55. The SMILES string of the molecule is CCCCN(Cc1nc2ccccc2c(=O)[nH]1)C(=O)C1=NN([C@H]2CCS(=O)(=O)C2)C(=O)CC1. The fourth-order valence-corrected chi connectivity index (χ4v) is 5.85. The van der Waals surface area contributed by atoms with Crippen molar-refractivity contribution in [3.63, 3.8) is 0 Å². The van der Waals surface area contributed by atoms with Gasteiger partial charge in [0.1, 0.15) is 11.5 Å². The standard InChI is InChI=1S/C22H27N5O5S/c1-2-3-11-26(13-19-23-17-7-5-4-6-16(17)21(29)24-19)22(30)18-8-9-20(28)27(25-18)15-10-12-33(31,32)14-15/h4-7,15H,2-3,8-14H2,1H3,(H,23,24,29)/t15-/m0/s1. The third-order valence-corrected chi connectivity index (χ3v) is 7.68. The lowest BCUT2D eigenvalue weighted by atomic mass is 10.1. The van der Waals surface area contributed by atoms with Gasteiger partial charge in [-0.1, -0.05) is 25.5 Å². The maximum atomic E-state index is 13.4. The molecule has 1 fully saturated rings. The molecule has 2 aliphatic rings. The molecular weight excluding hydrogens is 446 g/mol. The quantitative estimate of drug-likeness (QED) is 0.643. The number of amides is 2. The fourth-order valence-electron chi connectivity index (χ4n) is 4.15. The van der Waals surface area contributed by atoms with Crippen molar-refractivity contribution in [1.29, 1.82) is 0 Å². The summed E-state index contributed by atoms with van der Waals surface area (Å²) >= 11 is 0. The van der Waals surface area contributed by atoms with Crippen LogP contribution in [0.4, 0.5) is 0 Å². The molecule has 1 N–H and O–H groups in total. The molecule has 10 nitrogen and oxygen atoms in total. The first-order valence-electron chi connectivity index (χ1n) is 11.1. The lowest BCUT2D eigenvalue weighted by Crippen LogP contribution is -2.45. The minimum atomic E-state index is -3.20. The molecule has 0 bridgehead atoms. The number of para-hydroxylation sites is 1. The number of aromatic nitrogens is 2. The first-order chi connectivity index (χ1) is 15.8. The molecule has 2 aliphatic heterocycles. The Kier molecular flexibility index (Phi) is 6.59. The van der Waals surface area contributed by atoms with E-state index >= 15 is 0 Å². The zero-order valence-corrected chi connectivity index (χ0v) is 19.3. The van der Waals surface area contributed by atoms with Crippen LogP contribution in [0.1, 0.15) is 44.9 Å². The summed E-state index contributed by atoms with van der Waals surface area (Å²) in [4.78, 5) is 47.0. The van der Waals surface area contributed by atoms with E-state index in [4.69, 9.17) is 0 Å². The van der Waals surface area contributed by atoms with E-state index in [1.807, 2.05) is 6.92 Å². The minimum Gasteiger partial charge on any atom is -0.330 e. The van der Waals surface area contributed by atoms with Crippen LogP contribution in [0.2, 0.25) is 0 Å². The summed E-state index contributed by atoms with van der Waals surface area (Å²) in [6, 6.07) is 6.46. The van der Waals surface area contributed by atoms with Gasteiger partial charge in [-0.15, -0.1) is 0 Å². The zero-order chi connectivity index (χ0) is 23.6. The molecule has 1 saturated heterocycles. The molecule has 176 valence electrons. The number of hydrogen-bond acceptors (Lipinski definition) is 7. The largest absolute Gasteiger partial charge is 0.330 e. The van der Waals surface area contributed by atoms with Crippen LogP contribution in [0.15, 0.2) is 34.2 Å². The van der Waals surface area contributed by atoms with Gasteiger partial charge in [-0.25, -0.2) is 18.4 Å². The Morgan fingerprint density at radius 3 is 2.76 bits per heavy atom. The van der Waals surface area contributed by atoms with Gasteiger partial charge in [0, 0.05) is 19.4 Å². The number of sulfone groups is 1. The first kappa shape index (κ1) is 23.1. The molecule has 0 saturated carbocycles. The molecular formula is C22H27N5O5S. The Balaban J connectivity index is 1.59. The highest BCUT2D eigenvalue weighted by Crippen LogP contribution is 2.23. The van der Waals surface area contributed by atoms with Gasteiger partial charge in [0.05, 0.1) is 35.0 Å². The second-order valence-electron chi connectivity index (χ2n) is 8.45. The number of nitrogens with zero attached hydrogens (tertiary/aromatic N) is 4. The van der Waals surface area contributed by atoms with Crippen molar-refractivity contribution in [1.82, 2.24) is 19.9 Å². The zero-order valence-electron chi connectivity index (χ0n) is 18.5. The Morgan fingerprint density at radius 2 is 2.03 bits per heavy atom. The van der Waals surface area contributed by atoms with E-state index in [0.717, 1.165) is 12.8 Å². The smallest absolute Gasteiger partial charge is 0.270 e. The number of unbranched alkanes of at least 4 members (excludes halogenated alkanes) is 1. The maximum Gasteiger partial charge on any atom is 0.270 e. The summed E-state index contributed by atoms with van der Waals surface area (Å²) in [5, 5.41) is 5.97. The fraction of sp³-hybridized carbons (Fsp3) is 0.500. The molecule has 11 heteroatoms. The number of carbonyl (C=O) groups is 2. The van der Waals surface area contributed by atoms with Gasteiger partial charge in [0.15, 0.2) is 9.84 Å². The van der Waals surface area contributed by atoms with Crippen molar-refractivity contribution in [2.24, 2.45) is 5.10 Å². The van der Waals surface area contributed by atoms with E-state index in [2.05, 4.69) is 15.1 Å². The predicted molar refractivity (Wildman–Crippen MR) is 123 cm³/mol. The molecule has 0 aliphatic carbocycles. The Morgan fingerprint density at radius 1 is 1.24 bits per heavy atom. The van der Waals surface area contributed by atoms with Crippen molar-refractivity contribution in [2.75, 3.05) is 18.1 Å². The number of fused-ring (bicyclic) bond motifs is 1. The molecule has 1 aromatic heterocycles. The second-order valence-corrected chi connectivity index (χ2v) is 10.7. The Labute approximate surface area is 191 Å². The number of hydrogen-bond donors (Lipinski definition) is 1. The third-order valence-electron chi connectivity index (χ3n) is 5.93. The highest BCUT2D eigenvalue weighted by molar-refractivity contribution is 7.91. The van der Waals surface area contributed by atoms with Crippen molar-refractivity contribution < 1.29 is 18.0 Å². The van der Waals surface area contributed by atoms with E-state index < -0.39 is 15.9 Å². The molecule has 4 rings (SSSR count). The van der Waals surface area contributed by atoms with Gasteiger partial charge in [-0.05, 0) is 25.0 Å². The van der Waals surface area contributed by atoms with Crippen LogP contribution in [-0.2, 0) is 26.0 Å². The van der Waals surface area contributed by atoms with Crippen LogP contribution in [-0.4, -0.2) is 69.9 Å². The van der Waals surface area contributed by atoms with Gasteiger partial charge >= 0.3 is 0 Å². The summed E-state index contributed by atoms with van der Waals surface area (Å²) in [6.07, 6.45) is 2.23. The molecule has 0 radical (unpaired) electrons. The number of carbonyl (C=O) groups excluding carboxylic acids is 2. The van der Waals surface area contributed by atoms with Crippen LogP contribution >= 0.6 is 0 Å². The molecule has 33 heavy (non-hydrogen) atoms. The highest BCUT2D eigenvalue weighted by Gasteiger charge is 2.37. The second kappa shape index (κ2) is 9.42. The van der Waals surface area contributed by atoms with Crippen molar-refractivity contribution in [3.05, 3.63) is 40.4 Å². The molecule has 1 atom stereocenters. The summed E-state index contributed by atoms with van der Waals surface area (Å²) in [5.74, 6) is -0.351. The number of benzene rings is 1. The van der Waals surface area contributed by atoms with Gasteiger partial charge < -0.3 is 9.88 Å². The van der Waals surface area contributed by atoms with Crippen molar-refractivity contribution >= 4 is 38.3 Å². The van der Waals surface area contributed by atoms with Crippen molar-refractivity contribution in [3.8, 4) is 0 Å². The van der Waals surface area contributed by atoms with Crippen LogP contribution in [0.5, 0.6) is 0 Å². The molecule has 1 aromatic carbocycles. The topological polar surface area (TPSA) is 133 Å². The lowest BCUT2D eigenvalue weighted by molar-refractivity contribution is -0.134. The first-order valence-corrected chi connectivity index (χ1v) is 13.0.